The number of amides is 1. The van der Waals surface area contributed by atoms with E-state index in [4.69, 9.17) is 10.1 Å². The largest absolute Gasteiger partial charge is 0.395 e. The molecule has 8 nitrogen and oxygen atoms in total. The molecule has 1 aromatic rings. The van der Waals surface area contributed by atoms with Crippen LogP contribution in [-0.2, 0) is 4.79 Å². The number of fused-ring (bicyclic) bond motifs is 1. The van der Waals surface area contributed by atoms with Crippen LogP contribution in [0.3, 0.4) is 0 Å². The van der Waals surface area contributed by atoms with Gasteiger partial charge in [0.15, 0.2) is 5.82 Å². The molecule has 1 aliphatic carbocycles. The van der Waals surface area contributed by atoms with E-state index in [0.717, 1.165) is 63.4 Å². The first-order chi connectivity index (χ1) is 15.1. The number of carbonyl (C=O) groups excluding carboxylic acids is 1. The van der Waals surface area contributed by atoms with Crippen LogP contribution in [0.1, 0.15) is 58.3 Å². The van der Waals surface area contributed by atoms with Crippen molar-refractivity contribution in [3.05, 3.63) is 6.20 Å². The maximum absolute atomic E-state index is 13.0. The maximum atomic E-state index is 13.0. The molecule has 0 aromatic carbocycles. The highest BCUT2D eigenvalue weighted by Crippen LogP contribution is 2.39. The normalized spacial score (nSPS) is 23.5. The van der Waals surface area contributed by atoms with Crippen molar-refractivity contribution in [2.75, 3.05) is 55.0 Å². The average molecular weight is 431 g/mol. The van der Waals surface area contributed by atoms with Crippen LogP contribution < -0.4 is 15.1 Å². The van der Waals surface area contributed by atoms with Crippen LogP contribution in [0.15, 0.2) is 6.20 Å². The zero-order valence-corrected chi connectivity index (χ0v) is 19.1. The molecule has 1 aromatic heterocycles. The first kappa shape index (κ1) is 22.3. The third-order valence-electron chi connectivity index (χ3n) is 7.37. The molecular formula is C23H38N6O2. The number of aromatic nitrogens is 2. The predicted molar refractivity (Wildman–Crippen MR) is 124 cm³/mol. The third kappa shape index (κ3) is 4.80. The summed E-state index contributed by atoms with van der Waals surface area (Å²) in [7, 11) is 1.84. The molecule has 2 N–H and O–H groups in total. The molecule has 0 bridgehead atoms. The molecule has 3 aliphatic rings. The average Bonchev–Trinajstić information content (AvgIpc) is 3.32. The summed E-state index contributed by atoms with van der Waals surface area (Å²) in [5.41, 5.74) is 0.823. The Morgan fingerprint density at radius 2 is 1.94 bits per heavy atom. The molecule has 1 amide bonds. The molecule has 0 spiro atoms. The van der Waals surface area contributed by atoms with Gasteiger partial charge in [-0.05, 0) is 57.5 Å². The quantitative estimate of drug-likeness (QED) is 0.655. The Bertz CT molecular complexity index is 746. The molecule has 31 heavy (non-hydrogen) atoms. The molecule has 1 saturated carbocycles. The summed E-state index contributed by atoms with van der Waals surface area (Å²) >= 11 is 0. The molecule has 1 saturated heterocycles. The lowest BCUT2D eigenvalue weighted by Crippen LogP contribution is -2.55. The third-order valence-corrected chi connectivity index (χ3v) is 7.37. The van der Waals surface area contributed by atoms with Crippen molar-refractivity contribution in [2.45, 2.75) is 70.4 Å². The summed E-state index contributed by atoms with van der Waals surface area (Å²) in [4.78, 5) is 28.8. The van der Waals surface area contributed by atoms with E-state index in [1.807, 2.05) is 13.2 Å². The molecule has 3 heterocycles. The first-order valence-corrected chi connectivity index (χ1v) is 12.1. The number of nitrogens with one attached hydrogen (secondary N) is 1. The van der Waals surface area contributed by atoms with Crippen LogP contribution in [-0.4, -0.2) is 77.8 Å². The smallest absolute Gasteiger partial charge is 0.249 e. The molecule has 1 atom stereocenters. The number of hydrogen-bond donors (Lipinski definition) is 2. The lowest BCUT2D eigenvalue weighted by Gasteiger charge is -2.43. The van der Waals surface area contributed by atoms with Crippen molar-refractivity contribution in [2.24, 2.45) is 5.92 Å². The Morgan fingerprint density at radius 3 is 2.61 bits per heavy atom. The van der Waals surface area contributed by atoms with Crippen LogP contribution in [0.2, 0.25) is 0 Å². The molecule has 0 unspecified atom stereocenters. The second-order valence-electron chi connectivity index (χ2n) is 9.29. The minimum absolute atomic E-state index is 0.132. The van der Waals surface area contributed by atoms with Crippen LogP contribution in [0.25, 0.3) is 0 Å². The van der Waals surface area contributed by atoms with Crippen LogP contribution in [0.5, 0.6) is 0 Å². The minimum Gasteiger partial charge on any atom is -0.395 e. The number of rotatable bonds is 8. The van der Waals surface area contributed by atoms with E-state index in [2.05, 4.69) is 27.0 Å². The lowest BCUT2D eigenvalue weighted by atomic mass is 9.93. The zero-order valence-electron chi connectivity index (χ0n) is 19.1. The highest BCUT2D eigenvalue weighted by Gasteiger charge is 2.41. The van der Waals surface area contributed by atoms with Gasteiger partial charge in [0, 0.05) is 26.2 Å². The van der Waals surface area contributed by atoms with Crippen molar-refractivity contribution in [1.29, 1.82) is 0 Å². The summed E-state index contributed by atoms with van der Waals surface area (Å²) in [5, 5.41) is 12.5. The number of carbonyl (C=O) groups is 1. The fourth-order valence-electron chi connectivity index (χ4n) is 5.50. The van der Waals surface area contributed by atoms with Crippen molar-refractivity contribution < 1.29 is 9.90 Å². The Hall–Kier alpha value is -1.93. The Labute approximate surface area is 186 Å². The number of aliphatic hydroxyl groups is 1. The molecule has 172 valence electrons. The van der Waals surface area contributed by atoms with E-state index in [1.165, 1.54) is 25.7 Å². The van der Waals surface area contributed by atoms with Crippen molar-refractivity contribution in [1.82, 2.24) is 14.9 Å². The Kier molecular flexibility index (Phi) is 7.27. The summed E-state index contributed by atoms with van der Waals surface area (Å²) in [6.07, 6.45) is 10.8. The predicted octanol–water partition coefficient (Wildman–Crippen LogP) is 2.49. The van der Waals surface area contributed by atoms with Crippen molar-refractivity contribution in [3.8, 4) is 0 Å². The number of likely N-dealkylation sites (N-methyl/N-ethyl adjacent to an activating group) is 1. The fourth-order valence-corrected chi connectivity index (χ4v) is 5.50. The second-order valence-corrected chi connectivity index (χ2v) is 9.29. The molecule has 4 rings (SSSR count). The zero-order chi connectivity index (χ0) is 21.8. The molecule has 0 radical (unpaired) electrons. The highest BCUT2D eigenvalue weighted by molar-refractivity contribution is 6.04. The molecule has 8 heteroatoms. The van der Waals surface area contributed by atoms with Gasteiger partial charge >= 0.3 is 0 Å². The number of β-amino-alcohol motifs (C(OH)–C–C–N with tert-alkyl or cyclic N) is 1. The van der Waals surface area contributed by atoms with Gasteiger partial charge in [0.2, 0.25) is 11.9 Å². The van der Waals surface area contributed by atoms with Crippen LogP contribution >= 0.6 is 0 Å². The summed E-state index contributed by atoms with van der Waals surface area (Å²) < 4.78 is 0. The van der Waals surface area contributed by atoms with Gasteiger partial charge in [-0.2, -0.15) is 4.98 Å². The van der Waals surface area contributed by atoms with Gasteiger partial charge in [-0.25, -0.2) is 4.98 Å². The number of piperidine rings is 1. The van der Waals surface area contributed by atoms with Crippen LogP contribution in [0, 0.1) is 5.92 Å². The molecular weight excluding hydrogens is 392 g/mol. The number of aliphatic hydroxyl groups excluding tert-OH is 1. The molecule has 2 fully saturated rings. The van der Waals surface area contributed by atoms with Gasteiger partial charge < -0.3 is 25.1 Å². The van der Waals surface area contributed by atoms with Gasteiger partial charge in [-0.3, -0.25) is 4.79 Å². The van der Waals surface area contributed by atoms with Gasteiger partial charge in [0.05, 0.1) is 12.8 Å². The van der Waals surface area contributed by atoms with E-state index in [0.29, 0.717) is 17.9 Å². The van der Waals surface area contributed by atoms with E-state index in [-0.39, 0.29) is 18.6 Å². The van der Waals surface area contributed by atoms with Crippen molar-refractivity contribution in [3.63, 3.8) is 0 Å². The maximum Gasteiger partial charge on any atom is 0.249 e. The van der Waals surface area contributed by atoms with Gasteiger partial charge in [-0.15, -0.1) is 0 Å². The van der Waals surface area contributed by atoms with E-state index < -0.39 is 0 Å². The first-order valence-electron chi connectivity index (χ1n) is 12.1. The van der Waals surface area contributed by atoms with Gasteiger partial charge in [0.25, 0.3) is 0 Å². The fraction of sp³-hybridized carbons (Fsp3) is 0.783. The summed E-state index contributed by atoms with van der Waals surface area (Å²) in [5.74, 6) is 2.44. The number of anilines is 3. The Balaban J connectivity index is 1.42. The molecule has 2 aliphatic heterocycles. The number of nitrogens with zero attached hydrogens (tertiary/aromatic N) is 5. The highest BCUT2D eigenvalue weighted by atomic mass is 16.3. The van der Waals surface area contributed by atoms with Gasteiger partial charge in [-0.1, -0.05) is 19.8 Å². The standard InChI is InChI=1S/C23H38N6O2/c1-3-19-22(31)27(2)20-16-25-23(26-21(20)29(19)18-6-4-5-7-18)24-11-8-17-9-12-28(13-10-17)14-15-30/h16-19,30H,3-15H2,1-2H3,(H,24,25,26)/t19-/m1/s1. The lowest BCUT2D eigenvalue weighted by molar-refractivity contribution is -0.120. The van der Waals surface area contributed by atoms with E-state index in [1.54, 1.807) is 4.90 Å². The number of likely N-dealkylation sites (tertiary alicyclic amines) is 1. The number of hydrogen-bond acceptors (Lipinski definition) is 7. The Morgan fingerprint density at radius 1 is 1.19 bits per heavy atom. The summed E-state index contributed by atoms with van der Waals surface area (Å²) in [6, 6.07) is 0.265. The minimum atomic E-state index is -0.132. The van der Waals surface area contributed by atoms with Crippen LogP contribution in [0.4, 0.5) is 17.5 Å². The van der Waals surface area contributed by atoms with Crippen molar-refractivity contribution >= 4 is 23.4 Å². The van der Waals surface area contributed by atoms with E-state index >= 15 is 0 Å². The monoisotopic (exact) mass is 430 g/mol. The topological polar surface area (TPSA) is 84.8 Å². The van der Waals surface area contributed by atoms with E-state index in [9.17, 15) is 4.79 Å². The SMILES string of the molecule is CC[C@@H]1C(=O)N(C)c2cnc(NCCC3CCN(CCO)CC3)nc2N1C1CCCC1. The second kappa shape index (κ2) is 10.1. The summed E-state index contributed by atoms with van der Waals surface area (Å²) in [6.45, 7) is 6.15. The van der Waals surface area contributed by atoms with Gasteiger partial charge in [0.1, 0.15) is 11.7 Å².